The number of alkyl halides is 1. The van der Waals surface area contributed by atoms with E-state index >= 15 is 0 Å². The molecule has 1 rings (SSSR count). The molecule has 0 heterocycles. The summed E-state index contributed by atoms with van der Waals surface area (Å²) < 4.78 is 5.14. The highest BCUT2D eigenvalue weighted by Crippen LogP contribution is 2.06. The van der Waals surface area contributed by atoms with Crippen molar-refractivity contribution in [2.24, 2.45) is 5.73 Å². The second-order valence-corrected chi connectivity index (χ2v) is 7.21. The first kappa shape index (κ1) is 25.6. The van der Waals surface area contributed by atoms with Crippen molar-refractivity contribution in [3.05, 3.63) is 35.9 Å². The third-order valence-corrected chi connectivity index (χ3v) is 4.87. The number of carboxylic acid groups (broad SMARTS) is 1. The van der Waals surface area contributed by atoms with Crippen molar-refractivity contribution < 1.29 is 29.0 Å². The number of carbonyl (C=O) groups is 4. The Morgan fingerprint density at radius 2 is 1.73 bits per heavy atom. The first-order chi connectivity index (χ1) is 14.4. The van der Waals surface area contributed by atoms with Crippen molar-refractivity contribution >= 4 is 39.7 Å². The third-order valence-electron chi connectivity index (χ3n) is 4.24. The molecule has 0 spiro atoms. The Balaban J connectivity index is 2.68. The van der Waals surface area contributed by atoms with E-state index in [0.29, 0.717) is 19.4 Å². The van der Waals surface area contributed by atoms with Gasteiger partial charge in [0.25, 0.3) is 0 Å². The lowest BCUT2D eigenvalue weighted by atomic mass is 10.1. The molecule has 9 nitrogen and oxygen atoms in total. The zero-order valence-electron chi connectivity index (χ0n) is 16.6. The van der Waals surface area contributed by atoms with E-state index in [1.165, 1.54) is 0 Å². The zero-order valence-corrected chi connectivity index (χ0v) is 18.2. The van der Waals surface area contributed by atoms with E-state index in [2.05, 4.69) is 26.6 Å². The standard InChI is InChI=1S/C20H28BrN3O6/c21-12-15(25)9-10-17(19(27)28)23-18(26)16(8-4-5-11-22)24-20(29)30-13-14-6-2-1-3-7-14/h1-3,6-7,16-17H,4-5,8-13,22H2,(H,23,26)(H,24,29)(H,27,28). The molecule has 1 aromatic rings. The first-order valence-electron chi connectivity index (χ1n) is 9.65. The number of ketones is 1. The number of nitrogens with two attached hydrogens (primary N) is 1. The van der Waals surface area contributed by atoms with Gasteiger partial charge in [0.1, 0.15) is 24.5 Å². The van der Waals surface area contributed by atoms with E-state index < -0.39 is 30.1 Å². The molecule has 0 saturated heterocycles. The van der Waals surface area contributed by atoms with Gasteiger partial charge in [0.05, 0.1) is 5.33 Å². The van der Waals surface area contributed by atoms with Crippen molar-refractivity contribution in [1.82, 2.24) is 10.6 Å². The molecule has 0 aliphatic rings. The van der Waals surface area contributed by atoms with Crippen LogP contribution in [0.2, 0.25) is 0 Å². The Morgan fingerprint density at radius 1 is 1.03 bits per heavy atom. The lowest BCUT2D eigenvalue weighted by Crippen LogP contribution is -2.51. The van der Waals surface area contributed by atoms with E-state index in [1.807, 2.05) is 18.2 Å². The fraction of sp³-hybridized carbons (Fsp3) is 0.500. The van der Waals surface area contributed by atoms with Crippen LogP contribution in [0, 0.1) is 0 Å². The minimum absolute atomic E-state index is 0.00683. The molecule has 0 aliphatic heterocycles. The van der Waals surface area contributed by atoms with Crippen LogP contribution >= 0.6 is 15.9 Å². The number of carbonyl (C=O) groups excluding carboxylic acids is 3. The smallest absolute Gasteiger partial charge is 0.408 e. The summed E-state index contributed by atoms with van der Waals surface area (Å²) in [5.74, 6) is -2.07. The molecule has 30 heavy (non-hydrogen) atoms. The number of halogens is 1. The quantitative estimate of drug-likeness (QED) is 0.231. The monoisotopic (exact) mass is 485 g/mol. The maximum atomic E-state index is 12.6. The fourth-order valence-corrected chi connectivity index (χ4v) is 2.85. The van der Waals surface area contributed by atoms with Gasteiger partial charge >= 0.3 is 12.1 Å². The summed E-state index contributed by atoms with van der Waals surface area (Å²) in [5, 5.41) is 14.3. The van der Waals surface area contributed by atoms with Gasteiger partial charge in [-0.2, -0.15) is 0 Å². The highest BCUT2D eigenvalue weighted by Gasteiger charge is 2.27. The molecular formula is C20H28BrN3O6. The predicted molar refractivity (Wildman–Crippen MR) is 114 cm³/mol. The summed E-state index contributed by atoms with van der Waals surface area (Å²) in [5.41, 5.74) is 6.27. The van der Waals surface area contributed by atoms with E-state index in [-0.39, 0.29) is 37.0 Å². The zero-order chi connectivity index (χ0) is 22.4. The largest absolute Gasteiger partial charge is 0.480 e. The third kappa shape index (κ3) is 10.4. The van der Waals surface area contributed by atoms with Gasteiger partial charge in [-0.05, 0) is 37.8 Å². The Kier molecular flexibility index (Phi) is 12.4. The SMILES string of the molecule is NCCCCC(NC(=O)OCc1ccccc1)C(=O)NC(CCC(=O)CBr)C(=O)O. The second kappa shape index (κ2) is 14.5. The van der Waals surface area contributed by atoms with Gasteiger partial charge in [-0.15, -0.1) is 0 Å². The summed E-state index contributed by atoms with van der Waals surface area (Å²) in [4.78, 5) is 47.6. The molecule has 10 heteroatoms. The van der Waals surface area contributed by atoms with Crippen molar-refractivity contribution in [3.8, 4) is 0 Å². The Labute approximate surface area is 183 Å². The summed E-state index contributed by atoms with van der Waals surface area (Å²) in [6, 6.07) is 6.84. The molecule has 2 amide bonds. The summed E-state index contributed by atoms with van der Waals surface area (Å²) >= 11 is 3.01. The van der Waals surface area contributed by atoms with Gasteiger partial charge in [0, 0.05) is 6.42 Å². The molecular weight excluding hydrogens is 458 g/mol. The summed E-state index contributed by atoms with van der Waals surface area (Å²) in [6.07, 6.45) is 0.663. The molecule has 0 radical (unpaired) electrons. The number of amides is 2. The summed E-state index contributed by atoms with van der Waals surface area (Å²) in [6.45, 7) is 0.468. The van der Waals surface area contributed by atoms with Crippen molar-refractivity contribution in [3.63, 3.8) is 0 Å². The molecule has 0 bridgehead atoms. The molecule has 0 aromatic heterocycles. The summed E-state index contributed by atoms with van der Waals surface area (Å²) in [7, 11) is 0. The number of Topliss-reactive ketones (excluding diaryl/α,β-unsaturated/α-hetero) is 1. The average Bonchev–Trinajstić information content (AvgIpc) is 2.74. The van der Waals surface area contributed by atoms with Gasteiger partial charge < -0.3 is 26.2 Å². The van der Waals surface area contributed by atoms with E-state index in [0.717, 1.165) is 5.56 Å². The normalized spacial score (nSPS) is 12.5. The molecule has 2 atom stereocenters. The van der Waals surface area contributed by atoms with E-state index in [4.69, 9.17) is 10.5 Å². The molecule has 166 valence electrons. The maximum absolute atomic E-state index is 12.6. The Hall–Kier alpha value is -2.46. The lowest BCUT2D eigenvalue weighted by Gasteiger charge is -2.21. The minimum atomic E-state index is -1.25. The molecule has 0 aliphatic carbocycles. The molecule has 5 N–H and O–H groups in total. The number of alkyl carbamates (subject to hydrolysis) is 1. The second-order valence-electron chi connectivity index (χ2n) is 6.65. The number of hydrogen-bond donors (Lipinski definition) is 4. The number of unbranched alkanes of at least 4 members (excludes halogenated alkanes) is 1. The van der Waals surface area contributed by atoms with Crippen LogP contribution in [0.3, 0.4) is 0 Å². The number of carboxylic acids is 1. The van der Waals surface area contributed by atoms with Gasteiger partial charge in [0.2, 0.25) is 5.91 Å². The first-order valence-corrected chi connectivity index (χ1v) is 10.8. The van der Waals surface area contributed by atoms with Crippen molar-refractivity contribution in [1.29, 1.82) is 0 Å². The van der Waals surface area contributed by atoms with Crippen LogP contribution in [0.5, 0.6) is 0 Å². The highest BCUT2D eigenvalue weighted by molar-refractivity contribution is 9.09. The predicted octanol–water partition coefficient (Wildman–Crippen LogP) is 1.72. The van der Waals surface area contributed by atoms with Crippen LogP contribution in [-0.4, -0.2) is 52.8 Å². The van der Waals surface area contributed by atoms with Crippen molar-refractivity contribution in [2.75, 3.05) is 11.9 Å². The van der Waals surface area contributed by atoms with Crippen LogP contribution in [0.1, 0.15) is 37.7 Å². The molecule has 0 saturated carbocycles. The highest BCUT2D eigenvalue weighted by atomic mass is 79.9. The van der Waals surface area contributed by atoms with Crippen LogP contribution in [0.4, 0.5) is 4.79 Å². The Bertz CT molecular complexity index is 701. The minimum Gasteiger partial charge on any atom is -0.480 e. The topological polar surface area (TPSA) is 148 Å². The molecule has 0 fully saturated rings. The van der Waals surface area contributed by atoms with E-state index in [9.17, 15) is 24.3 Å². The van der Waals surface area contributed by atoms with Crippen LogP contribution in [0.15, 0.2) is 30.3 Å². The number of benzene rings is 1. The van der Waals surface area contributed by atoms with Gasteiger partial charge in [0.15, 0.2) is 0 Å². The van der Waals surface area contributed by atoms with Crippen molar-refractivity contribution in [2.45, 2.75) is 50.8 Å². The fourth-order valence-electron chi connectivity index (χ4n) is 2.57. The maximum Gasteiger partial charge on any atom is 0.408 e. The van der Waals surface area contributed by atoms with Crippen LogP contribution in [-0.2, 0) is 25.7 Å². The van der Waals surface area contributed by atoms with Gasteiger partial charge in [-0.3, -0.25) is 9.59 Å². The Morgan fingerprint density at radius 3 is 2.33 bits per heavy atom. The van der Waals surface area contributed by atoms with Crippen LogP contribution in [0.25, 0.3) is 0 Å². The molecule has 2 unspecified atom stereocenters. The van der Waals surface area contributed by atoms with Gasteiger partial charge in [-0.25, -0.2) is 9.59 Å². The van der Waals surface area contributed by atoms with Gasteiger partial charge in [-0.1, -0.05) is 46.3 Å². The average molecular weight is 486 g/mol. The number of hydrogen-bond acceptors (Lipinski definition) is 6. The van der Waals surface area contributed by atoms with E-state index in [1.54, 1.807) is 12.1 Å². The number of nitrogens with one attached hydrogen (secondary N) is 2. The number of aliphatic carboxylic acids is 1. The number of ether oxygens (including phenoxy) is 1. The lowest BCUT2D eigenvalue weighted by molar-refractivity contribution is -0.142. The number of rotatable bonds is 14. The molecule has 1 aromatic carbocycles. The van der Waals surface area contributed by atoms with Crippen LogP contribution < -0.4 is 16.4 Å².